The van der Waals surface area contributed by atoms with E-state index in [1.807, 2.05) is 0 Å². The van der Waals surface area contributed by atoms with Crippen LogP contribution in [0.15, 0.2) is 0 Å². The lowest BCUT2D eigenvalue weighted by molar-refractivity contribution is -0.129. The smallest absolute Gasteiger partial charge is 0.226 e. The van der Waals surface area contributed by atoms with Crippen LogP contribution in [0.4, 0.5) is 0 Å². The molecule has 2 aliphatic heterocycles. The van der Waals surface area contributed by atoms with Crippen LogP contribution in [-0.4, -0.2) is 74.6 Å². The highest BCUT2D eigenvalue weighted by atomic mass is 16.5. The summed E-state index contributed by atoms with van der Waals surface area (Å²) in [4.78, 5) is 15.3. The van der Waals surface area contributed by atoms with Crippen molar-refractivity contribution in [1.82, 2.24) is 10.2 Å². The summed E-state index contributed by atoms with van der Waals surface area (Å²) in [6, 6.07) is 0. The van der Waals surface area contributed by atoms with Crippen LogP contribution in [0, 0.1) is 10.8 Å². The predicted molar refractivity (Wildman–Crippen MR) is 100.0 cm³/mol. The van der Waals surface area contributed by atoms with E-state index in [4.69, 9.17) is 9.47 Å². The molecular weight excluding hydrogens is 332 g/mol. The number of rotatable bonds is 9. The molecule has 2 saturated heterocycles. The Morgan fingerprint density at radius 3 is 2.69 bits per heavy atom. The van der Waals surface area contributed by atoms with Gasteiger partial charge in [-0.25, -0.2) is 0 Å². The first kappa shape index (κ1) is 20.1. The number of hydrogen-bond donors (Lipinski definition) is 2. The number of piperidine rings is 1. The fraction of sp³-hybridized carbons (Fsp3) is 0.950. The van der Waals surface area contributed by atoms with Crippen LogP contribution in [0.5, 0.6) is 0 Å². The van der Waals surface area contributed by atoms with Crippen molar-refractivity contribution < 1.29 is 19.4 Å². The highest BCUT2D eigenvalue weighted by Gasteiger charge is 2.70. The summed E-state index contributed by atoms with van der Waals surface area (Å²) in [6.45, 7) is 8.53. The van der Waals surface area contributed by atoms with Crippen molar-refractivity contribution in [3.05, 3.63) is 0 Å². The van der Waals surface area contributed by atoms with Crippen LogP contribution < -0.4 is 5.32 Å². The van der Waals surface area contributed by atoms with E-state index in [0.29, 0.717) is 25.7 Å². The lowest BCUT2D eigenvalue weighted by atomic mass is 9.83. The third kappa shape index (κ3) is 4.24. The van der Waals surface area contributed by atoms with E-state index >= 15 is 0 Å². The fourth-order valence-corrected chi connectivity index (χ4v) is 5.02. The predicted octanol–water partition coefficient (Wildman–Crippen LogP) is 1.56. The summed E-state index contributed by atoms with van der Waals surface area (Å²) in [7, 11) is 0. The first-order valence-corrected chi connectivity index (χ1v) is 10.5. The zero-order chi connectivity index (χ0) is 18.5. The lowest BCUT2D eigenvalue weighted by Gasteiger charge is -2.31. The average Bonchev–Trinajstić information content (AvgIpc) is 3.29. The molecule has 0 aromatic heterocycles. The quantitative estimate of drug-likeness (QED) is 0.605. The Labute approximate surface area is 157 Å². The number of amides is 1. The Morgan fingerprint density at radius 1 is 1.31 bits per heavy atom. The standard InChI is InChI=1S/C20H36N2O4/c1-2-22-10-4-17(5-11-22)26-13-3-9-21-18(24)20(6-12-23)16-19(20)7-14-25-15-8-19/h17,23H,2-16H2,1H3,(H,21,24). The van der Waals surface area contributed by atoms with Crippen LogP contribution in [0.25, 0.3) is 0 Å². The van der Waals surface area contributed by atoms with Crippen molar-refractivity contribution in [2.75, 3.05) is 52.6 Å². The van der Waals surface area contributed by atoms with E-state index < -0.39 is 0 Å². The maximum absolute atomic E-state index is 12.8. The second-order valence-electron chi connectivity index (χ2n) is 8.24. The summed E-state index contributed by atoms with van der Waals surface area (Å²) < 4.78 is 11.4. The first-order chi connectivity index (χ1) is 12.7. The number of hydrogen-bond acceptors (Lipinski definition) is 5. The summed E-state index contributed by atoms with van der Waals surface area (Å²) in [6.07, 6.45) is 6.83. The number of nitrogens with zero attached hydrogens (tertiary/aromatic N) is 1. The average molecular weight is 369 g/mol. The molecule has 1 spiro atoms. The van der Waals surface area contributed by atoms with Gasteiger partial charge in [-0.15, -0.1) is 0 Å². The Morgan fingerprint density at radius 2 is 2.04 bits per heavy atom. The number of nitrogens with one attached hydrogen (secondary N) is 1. The largest absolute Gasteiger partial charge is 0.396 e. The molecule has 1 atom stereocenters. The SMILES string of the molecule is CCN1CCC(OCCCNC(=O)C2(CCO)CC23CCOCC3)CC1. The Balaban J connectivity index is 1.35. The molecule has 6 nitrogen and oxygen atoms in total. The molecule has 1 unspecified atom stereocenters. The van der Waals surface area contributed by atoms with Crippen LogP contribution in [0.2, 0.25) is 0 Å². The molecule has 1 aliphatic carbocycles. The maximum atomic E-state index is 12.8. The van der Waals surface area contributed by atoms with Crippen molar-refractivity contribution in [2.45, 2.75) is 58.0 Å². The Kier molecular flexibility index (Phi) is 6.94. The molecule has 1 amide bonds. The van der Waals surface area contributed by atoms with Gasteiger partial charge in [-0.1, -0.05) is 6.92 Å². The van der Waals surface area contributed by atoms with Gasteiger partial charge in [0.25, 0.3) is 0 Å². The minimum absolute atomic E-state index is 0.0712. The zero-order valence-electron chi connectivity index (χ0n) is 16.3. The molecule has 6 heteroatoms. The summed E-state index contributed by atoms with van der Waals surface area (Å²) in [5, 5.41) is 12.6. The second kappa shape index (κ2) is 9.00. The molecule has 26 heavy (non-hydrogen) atoms. The van der Waals surface area contributed by atoms with Gasteiger partial charge in [-0.05, 0) is 56.9 Å². The molecule has 0 aromatic carbocycles. The van der Waals surface area contributed by atoms with Crippen LogP contribution in [0.3, 0.4) is 0 Å². The van der Waals surface area contributed by atoms with Crippen molar-refractivity contribution in [2.24, 2.45) is 10.8 Å². The van der Waals surface area contributed by atoms with Gasteiger partial charge in [0.05, 0.1) is 11.5 Å². The maximum Gasteiger partial charge on any atom is 0.226 e. The van der Waals surface area contributed by atoms with Gasteiger partial charge >= 0.3 is 0 Å². The van der Waals surface area contributed by atoms with E-state index in [2.05, 4.69) is 17.1 Å². The minimum Gasteiger partial charge on any atom is -0.396 e. The molecule has 0 radical (unpaired) electrons. The minimum atomic E-state index is -0.362. The summed E-state index contributed by atoms with van der Waals surface area (Å²) in [5.74, 6) is 0.129. The molecule has 2 N–H and O–H groups in total. The van der Waals surface area contributed by atoms with Crippen molar-refractivity contribution in [3.63, 3.8) is 0 Å². The van der Waals surface area contributed by atoms with Gasteiger partial charge in [0.15, 0.2) is 0 Å². The van der Waals surface area contributed by atoms with Crippen LogP contribution in [0.1, 0.15) is 51.9 Å². The molecule has 0 bridgehead atoms. The van der Waals surface area contributed by atoms with E-state index in [0.717, 1.165) is 71.4 Å². The van der Waals surface area contributed by atoms with E-state index in [1.54, 1.807) is 0 Å². The number of carbonyl (C=O) groups is 1. The van der Waals surface area contributed by atoms with Gasteiger partial charge < -0.3 is 24.8 Å². The normalized spacial score (nSPS) is 29.0. The molecule has 150 valence electrons. The molecule has 1 saturated carbocycles. The van der Waals surface area contributed by atoms with Gasteiger partial charge in [-0.3, -0.25) is 4.79 Å². The van der Waals surface area contributed by atoms with Gasteiger partial charge in [0, 0.05) is 46.1 Å². The highest BCUT2D eigenvalue weighted by molar-refractivity contribution is 5.87. The summed E-state index contributed by atoms with van der Waals surface area (Å²) in [5.41, 5.74) is -0.290. The molecule has 3 aliphatic rings. The zero-order valence-corrected chi connectivity index (χ0v) is 16.3. The number of aliphatic hydroxyl groups excluding tert-OH is 1. The van der Waals surface area contributed by atoms with E-state index in [9.17, 15) is 9.90 Å². The lowest BCUT2D eigenvalue weighted by Crippen LogP contribution is -2.39. The third-order valence-electron chi connectivity index (χ3n) is 6.90. The van der Waals surface area contributed by atoms with Crippen molar-refractivity contribution in [3.8, 4) is 0 Å². The second-order valence-corrected chi connectivity index (χ2v) is 8.24. The molecule has 3 fully saturated rings. The molecule has 3 rings (SSSR count). The fourth-order valence-electron chi connectivity index (χ4n) is 5.02. The Bertz CT molecular complexity index is 459. The molecule has 0 aromatic rings. The number of likely N-dealkylation sites (tertiary alicyclic amines) is 1. The van der Waals surface area contributed by atoms with Crippen LogP contribution in [-0.2, 0) is 14.3 Å². The van der Waals surface area contributed by atoms with Gasteiger partial charge in [0.1, 0.15) is 0 Å². The van der Waals surface area contributed by atoms with E-state index in [-0.39, 0.29) is 23.3 Å². The molecular formula is C20H36N2O4. The highest BCUT2D eigenvalue weighted by Crippen LogP contribution is 2.70. The summed E-state index contributed by atoms with van der Waals surface area (Å²) >= 11 is 0. The number of aliphatic hydroxyl groups is 1. The van der Waals surface area contributed by atoms with Crippen molar-refractivity contribution >= 4 is 5.91 Å². The van der Waals surface area contributed by atoms with Crippen molar-refractivity contribution in [1.29, 1.82) is 0 Å². The molecule has 2 heterocycles. The van der Waals surface area contributed by atoms with E-state index in [1.165, 1.54) is 0 Å². The number of ether oxygens (including phenoxy) is 2. The number of carbonyl (C=O) groups excluding carboxylic acids is 1. The van der Waals surface area contributed by atoms with Gasteiger partial charge in [-0.2, -0.15) is 0 Å². The topological polar surface area (TPSA) is 71.0 Å². The monoisotopic (exact) mass is 368 g/mol. The third-order valence-corrected chi connectivity index (χ3v) is 6.90. The van der Waals surface area contributed by atoms with Gasteiger partial charge in [0.2, 0.25) is 5.91 Å². The van der Waals surface area contributed by atoms with Crippen LogP contribution >= 0.6 is 0 Å². The first-order valence-electron chi connectivity index (χ1n) is 10.5. The Hall–Kier alpha value is -0.690.